The van der Waals surface area contributed by atoms with Crippen molar-refractivity contribution in [2.75, 3.05) is 13.1 Å². The Labute approximate surface area is 170 Å². The Kier molecular flexibility index (Phi) is 5.70. The van der Waals surface area contributed by atoms with Crippen LogP contribution in [-0.4, -0.2) is 40.2 Å². The molecule has 2 aromatic carbocycles. The van der Waals surface area contributed by atoms with Crippen molar-refractivity contribution in [2.45, 2.75) is 25.9 Å². The number of carbonyl (C=O) groups excluding carboxylic acids is 1. The summed E-state index contributed by atoms with van der Waals surface area (Å²) in [6, 6.07) is 20.6. The standard InChI is InChI=1S/C23H23N3O3/c1-17-7-12-22(25-24-17)29-21-13-15-26(16-14-21)23(27)18-8-10-20(11-9-18)28-19-5-3-2-4-6-19/h2-12,21H,13-16H2,1H3. The van der Waals surface area contributed by atoms with E-state index in [0.717, 1.165) is 24.3 Å². The largest absolute Gasteiger partial charge is 0.473 e. The van der Waals surface area contributed by atoms with Crippen LogP contribution in [0.5, 0.6) is 17.4 Å². The molecule has 3 aromatic rings. The maximum absolute atomic E-state index is 12.8. The lowest BCUT2D eigenvalue weighted by Crippen LogP contribution is -2.41. The SMILES string of the molecule is Cc1ccc(OC2CCN(C(=O)c3ccc(Oc4ccccc4)cc3)CC2)nn1. The first-order chi connectivity index (χ1) is 14.2. The van der Waals surface area contributed by atoms with Crippen LogP contribution in [0, 0.1) is 6.92 Å². The average molecular weight is 389 g/mol. The minimum absolute atomic E-state index is 0.0323. The Morgan fingerprint density at radius 1 is 0.897 bits per heavy atom. The van der Waals surface area contributed by atoms with E-state index in [-0.39, 0.29) is 12.0 Å². The minimum atomic E-state index is 0.0323. The van der Waals surface area contributed by atoms with E-state index in [2.05, 4.69) is 10.2 Å². The number of benzene rings is 2. The van der Waals surface area contributed by atoms with Crippen LogP contribution >= 0.6 is 0 Å². The maximum Gasteiger partial charge on any atom is 0.253 e. The molecule has 1 saturated heterocycles. The zero-order valence-corrected chi connectivity index (χ0v) is 16.3. The number of ether oxygens (including phenoxy) is 2. The summed E-state index contributed by atoms with van der Waals surface area (Å²) in [4.78, 5) is 14.7. The highest BCUT2D eigenvalue weighted by molar-refractivity contribution is 5.94. The zero-order chi connectivity index (χ0) is 20.1. The highest BCUT2D eigenvalue weighted by Crippen LogP contribution is 2.23. The van der Waals surface area contributed by atoms with Gasteiger partial charge in [-0.15, -0.1) is 5.10 Å². The summed E-state index contributed by atoms with van der Waals surface area (Å²) < 4.78 is 11.7. The number of hydrogen-bond donors (Lipinski definition) is 0. The Morgan fingerprint density at radius 2 is 1.59 bits per heavy atom. The molecule has 148 valence electrons. The van der Waals surface area contributed by atoms with Gasteiger partial charge in [0.2, 0.25) is 5.88 Å². The summed E-state index contributed by atoms with van der Waals surface area (Å²) >= 11 is 0. The van der Waals surface area contributed by atoms with Gasteiger partial charge in [0, 0.05) is 37.6 Å². The van der Waals surface area contributed by atoms with Crippen LogP contribution in [0.25, 0.3) is 0 Å². The van der Waals surface area contributed by atoms with Crippen LogP contribution in [0.4, 0.5) is 0 Å². The first kappa shape index (κ1) is 18.9. The van der Waals surface area contributed by atoms with Gasteiger partial charge in [0.15, 0.2) is 0 Å². The fourth-order valence-electron chi connectivity index (χ4n) is 3.27. The third-order valence-electron chi connectivity index (χ3n) is 4.87. The van der Waals surface area contributed by atoms with Gasteiger partial charge in [-0.1, -0.05) is 18.2 Å². The number of amides is 1. The van der Waals surface area contributed by atoms with Gasteiger partial charge in [0.1, 0.15) is 17.6 Å². The predicted molar refractivity (Wildman–Crippen MR) is 109 cm³/mol. The van der Waals surface area contributed by atoms with Crippen LogP contribution in [-0.2, 0) is 0 Å². The third-order valence-corrected chi connectivity index (χ3v) is 4.87. The number of rotatable bonds is 5. The first-order valence-electron chi connectivity index (χ1n) is 9.76. The molecule has 0 N–H and O–H groups in total. The van der Waals surface area contributed by atoms with Crippen LogP contribution in [0.3, 0.4) is 0 Å². The molecule has 0 unspecified atom stereocenters. The summed E-state index contributed by atoms with van der Waals surface area (Å²) in [7, 11) is 0. The monoisotopic (exact) mass is 389 g/mol. The van der Waals surface area contributed by atoms with E-state index in [1.165, 1.54) is 0 Å². The molecule has 0 spiro atoms. The van der Waals surface area contributed by atoms with Gasteiger partial charge < -0.3 is 14.4 Å². The van der Waals surface area contributed by atoms with Crippen molar-refractivity contribution in [3.63, 3.8) is 0 Å². The number of aromatic nitrogens is 2. The van der Waals surface area contributed by atoms with Crippen LogP contribution in [0.15, 0.2) is 66.7 Å². The lowest BCUT2D eigenvalue weighted by Gasteiger charge is -2.32. The van der Waals surface area contributed by atoms with E-state index >= 15 is 0 Å². The molecular weight excluding hydrogens is 366 g/mol. The smallest absolute Gasteiger partial charge is 0.253 e. The number of likely N-dealkylation sites (tertiary alicyclic amines) is 1. The van der Waals surface area contributed by atoms with E-state index in [9.17, 15) is 4.79 Å². The quantitative estimate of drug-likeness (QED) is 0.652. The lowest BCUT2D eigenvalue weighted by molar-refractivity contribution is 0.0586. The van der Waals surface area contributed by atoms with Crippen LogP contribution in [0.2, 0.25) is 0 Å². The summed E-state index contributed by atoms with van der Waals surface area (Å²) in [5, 5.41) is 8.06. The molecule has 0 radical (unpaired) electrons. The molecular formula is C23H23N3O3. The second kappa shape index (κ2) is 8.73. The van der Waals surface area contributed by atoms with Crippen LogP contribution in [0.1, 0.15) is 28.9 Å². The number of para-hydroxylation sites is 1. The third kappa shape index (κ3) is 4.90. The fourth-order valence-corrected chi connectivity index (χ4v) is 3.27. The van der Waals surface area contributed by atoms with Gasteiger partial charge in [0.25, 0.3) is 5.91 Å². The van der Waals surface area contributed by atoms with E-state index in [4.69, 9.17) is 9.47 Å². The van der Waals surface area contributed by atoms with Gasteiger partial charge in [-0.05, 0) is 49.4 Å². The average Bonchev–Trinajstić information content (AvgIpc) is 2.77. The maximum atomic E-state index is 12.8. The summed E-state index contributed by atoms with van der Waals surface area (Å²) in [5.41, 5.74) is 1.52. The fraction of sp³-hybridized carbons (Fsp3) is 0.261. The number of hydrogen-bond acceptors (Lipinski definition) is 5. The van der Waals surface area contributed by atoms with Gasteiger partial charge in [0.05, 0.1) is 5.69 Å². The van der Waals surface area contributed by atoms with Crippen molar-refractivity contribution in [3.8, 4) is 17.4 Å². The van der Waals surface area contributed by atoms with Crippen molar-refractivity contribution < 1.29 is 14.3 Å². The Balaban J connectivity index is 1.30. The van der Waals surface area contributed by atoms with E-state index in [1.54, 1.807) is 0 Å². The number of piperidine rings is 1. The van der Waals surface area contributed by atoms with Crippen molar-refractivity contribution >= 4 is 5.91 Å². The molecule has 0 atom stereocenters. The zero-order valence-electron chi connectivity index (χ0n) is 16.3. The molecule has 1 aromatic heterocycles. The second-order valence-electron chi connectivity index (χ2n) is 7.06. The minimum Gasteiger partial charge on any atom is -0.473 e. The Bertz CT molecular complexity index is 935. The van der Waals surface area contributed by atoms with E-state index in [1.807, 2.05) is 78.6 Å². The Hall–Kier alpha value is -3.41. The summed E-state index contributed by atoms with van der Waals surface area (Å²) in [6.45, 7) is 3.21. The second-order valence-corrected chi connectivity index (χ2v) is 7.06. The molecule has 1 fully saturated rings. The van der Waals surface area contributed by atoms with Crippen LogP contribution < -0.4 is 9.47 Å². The van der Waals surface area contributed by atoms with Gasteiger partial charge in [-0.25, -0.2) is 0 Å². The van der Waals surface area contributed by atoms with Crippen molar-refractivity contribution in [1.29, 1.82) is 0 Å². The molecule has 29 heavy (non-hydrogen) atoms. The molecule has 0 saturated carbocycles. The Morgan fingerprint density at radius 3 is 2.24 bits per heavy atom. The molecule has 0 aliphatic carbocycles. The first-order valence-corrected chi connectivity index (χ1v) is 9.76. The molecule has 6 nitrogen and oxygen atoms in total. The topological polar surface area (TPSA) is 64.5 Å². The summed E-state index contributed by atoms with van der Waals surface area (Å²) in [6.07, 6.45) is 1.60. The highest BCUT2D eigenvalue weighted by atomic mass is 16.5. The normalized spacial score (nSPS) is 14.4. The predicted octanol–water partition coefficient (Wildman–Crippen LogP) is 4.26. The number of aryl methyl sites for hydroxylation is 1. The molecule has 2 heterocycles. The van der Waals surface area contributed by atoms with Gasteiger partial charge >= 0.3 is 0 Å². The molecule has 1 aliphatic rings. The van der Waals surface area contributed by atoms with E-state index < -0.39 is 0 Å². The number of nitrogens with zero attached hydrogens (tertiary/aromatic N) is 3. The van der Waals surface area contributed by atoms with Crippen molar-refractivity contribution in [2.24, 2.45) is 0 Å². The molecule has 1 amide bonds. The molecule has 4 rings (SSSR count). The molecule has 0 bridgehead atoms. The van der Waals surface area contributed by atoms with E-state index in [0.29, 0.717) is 30.3 Å². The lowest BCUT2D eigenvalue weighted by atomic mass is 10.1. The highest BCUT2D eigenvalue weighted by Gasteiger charge is 2.25. The van der Waals surface area contributed by atoms with Crippen molar-refractivity contribution in [3.05, 3.63) is 78.0 Å². The molecule has 1 aliphatic heterocycles. The van der Waals surface area contributed by atoms with Gasteiger partial charge in [-0.3, -0.25) is 4.79 Å². The summed E-state index contributed by atoms with van der Waals surface area (Å²) in [5.74, 6) is 2.05. The number of carbonyl (C=O) groups is 1. The van der Waals surface area contributed by atoms with Crippen molar-refractivity contribution in [1.82, 2.24) is 15.1 Å². The molecule has 6 heteroatoms. The van der Waals surface area contributed by atoms with Gasteiger partial charge in [-0.2, -0.15) is 5.10 Å².